The van der Waals surface area contributed by atoms with Crippen LogP contribution in [-0.4, -0.2) is 9.13 Å². The van der Waals surface area contributed by atoms with Crippen molar-refractivity contribution < 1.29 is 4.42 Å². The minimum absolute atomic E-state index is 0.877. The van der Waals surface area contributed by atoms with Crippen LogP contribution in [0.1, 0.15) is 0 Å². The van der Waals surface area contributed by atoms with E-state index in [-0.39, 0.29) is 0 Å². The lowest BCUT2D eigenvalue weighted by molar-refractivity contribution is 0.645. The van der Waals surface area contributed by atoms with E-state index in [9.17, 15) is 0 Å². The van der Waals surface area contributed by atoms with Gasteiger partial charge in [0, 0.05) is 42.7 Å². The number of rotatable bonds is 4. The van der Waals surface area contributed by atoms with Crippen molar-refractivity contribution >= 4 is 86.3 Å². The molecule has 0 aliphatic carbocycles. The SMILES string of the molecule is c1ccc(-n2c3ccccc3c3c4cc(-c5ccc(-c6ccc7c(c6)c6ccccc6n7-c6cccc7c6sc6ccccc67)cc5)ccc4oc32)cc1. The summed E-state index contributed by atoms with van der Waals surface area (Å²) < 4.78 is 13.9. The van der Waals surface area contributed by atoms with Crippen molar-refractivity contribution in [2.75, 3.05) is 0 Å². The summed E-state index contributed by atoms with van der Waals surface area (Å²) in [5.74, 6) is 0. The van der Waals surface area contributed by atoms with E-state index in [0.29, 0.717) is 0 Å². The number of hydrogen-bond acceptors (Lipinski definition) is 2. The van der Waals surface area contributed by atoms with Gasteiger partial charge in [-0.3, -0.25) is 4.57 Å². The van der Waals surface area contributed by atoms with Gasteiger partial charge >= 0.3 is 0 Å². The van der Waals surface area contributed by atoms with Gasteiger partial charge < -0.3 is 8.98 Å². The largest absolute Gasteiger partial charge is 0.439 e. The van der Waals surface area contributed by atoms with Gasteiger partial charge in [-0.05, 0) is 82.9 Å². The molecule has 4 heteroatoms. The zero-order valence-corrected chi connectivity index (χ0v) is 29.8. The fourth-order valence-corrected chi connectivity index (χ4v) is 9.89. The number of nitrogens with zero attached hydrogens (tertiary/aromatic N) is 2. The highest BCUT2D eigenvalue weighted by molar-refractivity contribution is 7.26. The van der Waals surface area contributed by atoms with Crippen molar-refractivity contribution in [2.45, 2.75) is 0 Å². The molecule has 0 N–H and O–H groups in total. The van der Waals surface area contributed by atoms with Gasteiger partial charge in [-0.15, -0.1) is 11.3 Å². The maximum absolute atomic E-state index is 6.58. The third kappa shape index (κ3) is 4.23. The first-order chi connectivity index (χ1) is 26.8. The standard InChI is InChI=1S/C50H30N2OS/c1-2-11-35(12-3-1)51-43-18-8-5-15-39(43)48-41-30-34(26-28-46(41)53-50(48)51)32-23-21-31(22-24-32)33-25-27-44-40(29-33)36-13-4-7-17-42(36)52(44)45-19-10-16-38-37-14-6-9-20-47(37)54-49(38)45/h1-30H. The Bertz CT molecular complexity index is 3430. The molecule has 12 rings (SSSR count). The minimum atomic E-state index is 0.877. The molecule has 3 nitrogen and oxygen atoms in total. The molecule has 0 amide bonds. The highest BCUT2D eigenvalue weighted by Gasteiger charge is 2.20. The van der Waals surface area contributed by atoms with E-state index in [1.165, 1.54) is 75.3 Å². The Kier molecular flexibility index (Phi) is 6.21. The summed E-state index contributed by atoms with van der Waals surface area (Å²) in [5, 5.41) is 8.63. The molecule has 0 unspecified atom stereocenters. The molecule has 0 atom stereocenters. The fraction of sp³-hybridized carbons (Fsp3) is 0. The van der Waals surface area contributed by atoms with Crippen LogP contribution in [0.25, 0.3) is 109 Å². The van der Waals surface area contributed by atoms with Crippen LogP contribution in [0.2, 0.25) is 0 Å². The highest BCUT2D eigenvalue weighted by Crippen LogP contribution is 2.43. The second kappa shape index (κ2) is 11.3. The van der Waals surface area contributed by atoms with Crippen molar-refractivity contribution in [1.82, 2.24) is 9.13 Å². The van der Waals surface area contributed by atoms with Gasteiger partial charge in [0.2, 0.25) is 5.71 Å². The van der Waals surface area contributed by atoms with Crippen LogP contribution < -0.4 is 0 Å². The quantitative estimate of drug-likeness (QED) is 0.179. The third-order valence-corrected chi connectivity index (χ3v) is 12.4. The van der Waals surface area contributed by atoms with Crippen LogP contribution in [0.5, 0.6) is 0 Å². The molecule has 252 valence electrons. The van der Waals surface area contributed by atoms with E-state index in [1.807, 2.05) is 11.3 Å². The Morgan fingerprint density at radius 2 is 0.981 bits per heavy atom. The number of furan rings is 1. The Balaban J connectivity index is 0.959. The first-order valence-corrected chi connectivity index (χ1v) is 19.2. The predicted octanol–water partition coefficient (Wildman–Crippen LogP) is 14.3. The van der Waals surface area contributed by atoms with Crippen LogP contribution >= 0.6 is 11.3 Å². The monoisotopic (exact) mass is 706 g/mol. The van der Waals surface area contributed by atoms with E-state index in [2.05, 4.69) is 191 Å². The summed E-state index contributed by atoms with van der Waals surface area (Å²) in [4.78, 5) is 0. The summed E-state index contributed by atoms with van der Waals surface area (Å²) in [5.41, 5.74) is 12.4. The lowest BCUT2D eigenvalue weighted by Crippen LogP contribution is -1.93. The lowest BCUT2D eigenvalue weighted by Gasteiger charge is -2.10. The van der Waals surface area contributed by atoms with Gasteiger partial charge in [0.15, 0.2) is 0 Å². The van der Waals surface area contributed by atoms with Gasteiger partial charge in [-0.25, -0.2) is 0 Å². The fourth-order valence-electron chi connectivity index (χ4n) is 8.68. The number of hydrogen-bond donors (Lipinski definition) is 0. The predicted molar refractivity (Wildman–Crippen MR) is 229 cm³/mol. The van der Waals surface area contributed by atoms with E-state index in [1.54, 1.807) is 0 Å². The summed E-state index contributed by atoms with van der Waals surface area (Å²) >= 11 is 1.88. The second-order valence-corrected chi connectivity index (χ2v) is 15.1. The molecule has 0 bridgehead atoms. The highest BCUT2D eigenvalue weighted by atomic mass is 32.1. The molecular weight excluding hydrogens is 677 g/mol. The summed E-state index contributed by atoms with van der Waals surface area (Å²) in [7, 11) is 0. The van der Waals surface area contributed by atoms with Crippen molar-refractivity contribution in [3.05, 3.63) is 182 Å². The molecule has 0 aliphatic rings. The van der Waals surface area contributed by atoms with E-state index < -0.39 is 0 Å². The number of para-hydroxylation sites is 3. The maximum atomic E-state index is 6.58. The van der Waals surface area contributed by atoms with E-state index >= 15 is 0 Å². The van der Waals surface area contributed by atoms with Crippen molar-refractivity contribution in [2.24, 2.45) is 0 Å². The van der Waals surface area contributed by atoms with Crippen LogP contribution in [0.15, 0.2) is 186 Å². The van der Waals surface area contributed by atoms with Crippen LogP contribution in [0.3, 0.4) is 0 Å². The molecule has 8 aromatic carbocycles. The molecular formula is C50H30N2OS. The minimum Gasteiger partial charge on any atom is -0.439 e. The number of benzene rings is 8. The Morgan fingerprint density at radius 1 is 0.389 bits per heavy atom. The number of fused-ring (bicyclic) bond motifs is 11. The van der Waals surface area contributed by atoms with Crippen LogP contribution in [0.4, 0.5) is 0 Å². The van der Waals surface area contributed by atoms with Crippen molar-refractivity contribution in [3.8, 4) is 33.6 Å². The maximum Gasteiger partial charge on any atom is 0.213 e. The van der Waals surface area contributed by atoms with Crippen molar-refractivity contribution in [1.29, 1.82) is 0 Å². The Morgan fingerprint density at radius 3 is 1.78 bits per heavy atom. The zero-order chi connectivity index (χ0) is 35.3. The van der Waals surface area contributed by atoms with Gasteiger partial charge in [0.1, 0.15) is 5.58 Å². The number of thiophene rings is 1. The smallest absolute Gasteiger partial charge is 0.213 e. The molecule has 0 aliphatic heterocycles. The molecule has 0 saturated carbocycles. The van der Waals surface area contributed by atoms with E-state index in [4.69, 9.17) is 4.42 Å². The van der Waals surface area contributed by atoms with Gasteiger partial charge in [0.05, 0.1) is 32.3 Å². The molecule has 0 spiro atoms. The molecule has 54 heavy (non-hydrogen) atoms. The average Bonchev–Trinajstić information content (AvgIpc) is 3.98. The summed E-state index contributed by atoms with van der Waals surface area (Å²) in [6, 6.07) is 65.8. The normalized spacial score (nSPS) is 12.1. The molecule has 4 heterocycles. The van der Waals surface area contributed by atoms with Crippen molar-refractivity contribution in [3.63, 3.8) is 0 Å². The topological polar surface area (TPSA) is 23.0 Å². The van der Waals surface area contributed by atoms with Gasteiger partial charge in [-0.2, -0.15) is 0 Å². The second-order valence-electron chi connectivity index (χ2n) is 14.1. The van der Waals surface area contributed by atoms with Crippen LogP contribution in [-0.2, 0) is 0 Å². The Labute approximate surface area is 314 Å². The van der Waals surface area contributed by atoms with Crippen LogP contribution in [0, 0.1) is 0 Å². The van der Waals surface area contributed by atoms with E-state index in [0.717, 1.165) is 33.3 Å². The molecule has 0 radical (unpaired) electrons. The molecule has 0 saturated heterocycles. The lowest BCUT2D eigenvalue weighted by atomic mass is 9.98. The third-order valence-electron chi connectivity index (χ3n) is 11.1. The molecule has 0 fully saturated rings. The summed E-state index contributed by atoms with van der Waals surface area (Å²) in [6.07, 6.45) is 0. The Hall–Kier alpha value is -6.88. The number of aromatic nitrogens is 2. The first-order valence-electron chi connectivity index (χ1n) is 18.3. The summed E-state index contributed by atoms with van der Waals surface area (Å²) in [6.45, 7) is 0. The first kappa shape index (κ1) is 29.7. The average molecular weight is 707 g/mol. The van der Waals surface area contributed by atoms with Gasteiger partial charge in [0.25, 0.3) is 0 Å². The molecule has 4 aromatic heterocycles. The molecule has 12 aromatic rings. The zero-order valence-electron chi connectivity index (χ0n) is 29.0. The van der Waals surface area contributed by atoms with Gasteiger partial charge in [-0.1, -0.05) is 121 Å².